The molecule has 1 heterocycles. The zero-order valence-electron chi connectivity index (χ0n) is 15.8. The van der Waals surface area contributed by atoms with Crippen LogP contribution in [-0.2, 0) is 9.84 Å². The minimum atomic E-state index is -3.81. The number of likely N-dealkylation sites (N-methyl/N-ethyl adjacent to an activating group) is 1. The molecule has 5 nitrogen and oxygen atoms in total. The van der Waals surface area contributed by atoms with Crippen LogP contribution < -0.4 is 10.2 Å². The van der Waals surface area contributed by atoms with Crippen LogP contribution in [0.5, 0.6) is 0 Å². The fourth-order valence-corrected chi connectivity index (χ4v) is 4.79. The molecule has 0 spiro atoms. The second-order valence-electron chi connectivity index (χ2n) is 6.82. The van der Waals surface area contributed by atoms with Crippen molar-refractivity contribution in [2.24, 2.45) is 0 Å². The molecule has 1 saturated heterocycles. The Morgan fingerprint density at radius 2 is 1.89 bits per heavy atom. The van der Waals surface area contributed by atoms with Crippen LogP contribution >= 0.6 is 0 Å². The molecule has 2 aromatic carbocycles. The van der Waals surface area contributed by atoms with Crippen molar-refractivity contribution in [1.82, 2.24) is 4.90 Å². The molecule has 3 rings (SSSR count). The molecule has 0 amide bonds. The summed E-state index contributed by atoms with van der Waals surface area (Å²) >= 11 is 0. The zero-order chi connectivity index (χ0) is 19.4. The summed E-state index contributed by atoms with van der Waals surface area (Å²) < 4.78 is 39.6. The van der Waals surface area contributed by atoms with Crippen LogP contribution in [0.15, 0.2) is 52.3 Å². The number of hydrogen-bond acceptors (Lipinski definition) is 5. The largest absolute Gasteiger partial charge is 0.384 e. The van der Waals surface area contributed by atoms with Crippen molar-refractivity contribution in [2.45, 2.75) is 23.1 Å². The van der Waals surface area contributed by atoms with E-state index in [-0.39, 0.29) is 9.79 Å². The molecule has 0 saturated carbocycles. The van der Waals surface area contributed by atoms with E-state index in [2.05, 4.69) is 22.2 Å². The lowest BCUT2D eigenvalue weighted by Crippen LogP contribution is -2.28. The van der Waals surface area contributed by atoms with Crippen LogP contribution in [0, 0.1) is 5.82 Å². The van der Waals surface area contributed by atoms with E-state index < -0.39 is 15.7 Å². The Balaban J connectivity index is 1.99. The van der Waals surface area contributed by atoms with Gasteiger partial charge in [0.25, 0.3) is 0 Å². The van der Waals surface area contributed by atoms with Gasteiger partial charge in [0.05, 0.1) is 15.5 Å². The lowest BCUT2D eigenvalue weighted by Gasteiger charge is -2.24. The van der Waals surface area contributed by atoms with Crippen LogP contribution in [0.4, 0.5) is 15.8 Å². The third-order valence-electron chi connectivity index (χ3n) is 4.81. The molecule has 1 fully saturated rings. The summed E-state index contributed by atoms with van der Waals surface area (Å²) in [6.45, 7) is 6.39. The topological polar surface area (TPSA) is 52.6 Å². The van der Waals surface area contributed by atoms with Crippen LogP contribution in [0.2, 0.25) is 0 Å². The van der Waals surface area contributed by atoms with Crippen molar-refractivity contribution < 1.29 is 12.8 Å². The third-order valence-corrected chi connectivity index (χ3v) is 6.62. The molecule has 0 bridgehead atoms. The predicted molar refractivity (Wildman–Crippen MR) is 107 cm³/mol. The maximum absolute atomic E-state index is 13.5. The fraction of sp³-hybridized carbons (Fsp3) is 0.400. The van der Waals surface area contributed by atoms with Crippen molar-refractivity contribution in [2.75, 3.05) is 50.0 Å². The number of sulfone groups is 1. The van der Waals surface area contributed by atoms with Gasteiger partial charge in [0.2, 0.25) is 9.84 Å². The maximum atomic E-state index is 13.5. The number of hydrogen-bond donors (Lipinski definition) is 1. The molecule has 2 aromatic rings. The second kappa shape index (κ2) is 8.27. The van der Waals surface area contributed by atoms with E-state index in [0.717, 1.165) is 44.4 Å². The van der Waals surface area contributed by atoms with E-state index >= 15 is 0 Å². The first-order valence-corrected chi connectivity index (χ1v) is 10.7. The molecule has 1 N–H and O–H groups in total. The number of rotatable bonds is 5. The first-order valence-electron chi connectivity index (χ1n) is 9.24. The molecule has 7 heteroatoms. The quantitative estimate of drug-likeness (QED) is 0.848. The van der Waals surface area contributed by atoms with Gasteiger partial charge in [0.15, 0.2) is 0 Å². The molecule has 0 atom stereocenters. The SMILES string of the molecule is CCNc1cc(N2CCCN(C)CC2)ccc1S(=O)(=O)c1cccc(F)c1. The molecule has 1 aliphatic rings. The fourth-order valence-electron chi connectivity index (χ4n) is 3.34. The first kappa shape index (κ1) is 19.6. The first-order chi connectivity index (χ1) is 12.9. The Kier molecular flexibility index (Phi) is 6.01. The van der Waals surface area contributed by atoms with Gasteiger partial charge in [-0.3, -0.25) is 0 Å². The normalized spacial score (nSPS) is 16.2. The average Bonchev–Trinajstić information content (AvgIpc) is 2.86. The summed E-state index contributed by atoms with van der Waals surface area (Å²) in [5, 5.41) is 3.16. The molecule has 0 aromatic heterocycles. The van der Waals surface area contributed by atoms with E-state index in [1.807, 2.05) is 19.1 Å². The van der Waals surface area contributed by atoms with Gasteiger partial charge in [-0.1, -0.05) is 6.07 Å². The van der Waals surface area contributed by atoms with Crippen molar-refractivity contribution in [3.8, 4) is 0 Å². The lowest BCUT2D eigenvalue weighted by atomic mass is 10.2. The minimum Gasteiger partial charge on any atom is -0.384 e. The minimum absolute atomic E-state index is 0.0363. The van der Waals surface area contributed by atoms with Gasteiger partial charge in [-0.15, -0.1) is 0 Å². The Bertz CT molecular complexity index is 902. The highest BCUT2D eigenvalue weighted by molar-refractivity contribution is 7.91. The van der Waals surface area contributed by atoms with E-state index in [0.29, 0.717) is 12.2 Å². The predicted octanol–water partition coefficient (Wildman–Crippen LogP) is 3.23. The highest BCUT2D eigenvalue weighted by atomic mass is 32.2. The van der Waals surface area contributed by atoms with Gasteiger partial charge >= 0.3 is 0 Å². The van der Waals surface area contributed by atoms with Crippen molar-refractivity contribution in [3.05, 3.63) is 48.3 Å². The van der Waals surface area contributed by atoms with Crippen LogP contribution in [-0.4, -0.2) is 53.1 Å². The molecule has 27 heavy (non-hydrogen) atoms. The van der Waals surface area contributed by atoms with E-state index in [1.54, 1.807) is 6.07 Å². The average molecular weight is 392 g/mol. The Labute approximate surface area is 160 Å². The van der Waals surface area contributed by atoms with Gasteiger partial charge in [0, 0.05) is 31.9 Å². The molecule has 146 valence electrons. The van der Waals surface area contributed by atoms with Gasteiger partial charge < -0.3 is 15.1 Å². The number of nitrogens with zero attached hydrogens (tertiary/aromatic N) is 2. The van der Waals surface area contributed by atoms with Gasteiger partial charge in [-0.05, 0) is 63.3 Å². The second-order valence-corrected chi connectivity index (χ2v) is 8.73. The molecule has 0 radical (unpaired) electrons. The highest BCUT2D eigenvalue weighted by Crippen LogP contribution is 2.32. The molecule has 1 aliphatic heterocycles. The number of anilines is 2. The van der Waals surface area contributed by atoms with E-state index in [9.17, 15) is 12.8 Å². The van der Waals surface area contributed by atoms with Crippen molar-refractivity contribution in [1.29, 1.82) is 0 Å². The van der Waals surface area contributed by atoms with Crippen LogP contribution in [0.3, 0.4) is 0 Å². The summed E-state index contributed by atoms with van der Waals surface area (Å²) in [6.07, 6.45) is 1.07. The zero-order valence-corrected chi connectivity index (χ0v) is 16.6. The van der Waals surface area contributed by atoms with Crippen LogP contribution in [0.1, 0.15) is 13.3 Å². The number of nitrogens with one attached hydrogen (secondary N) is 1. The summed E-state index contributed by atoms with van der Waals surface area (Å²) in [4.78, 5) is 4.72. The summed E-state index contributed by atoms with van der Waals surface area (Å²) in [5.74, 6) is -0.564. The van der Waals surface area contributed by atoms with Gasteiger partial charge in [-0.2, -0.15) is 0 Å². The van der Waals surface area contributed by atoms with Gasteiger partial charge in [-0.25, -0.2) is 12.8 Å². The molecular formula is C20H26FN3O2S. The summed E-state index contributed by atoms with van der Waals surface area (Å²) in [5.41, 5.74) is 1.55. The van der Waals surface area contributed by atoms with E-state index in [4.69, 9.17) is 0 Å². The highest BCUT2D eigenvalue weighted by Gasteiger charge is 2.23. The Morgan fingerprint density at radius 1 is 1.07 bits per heavy atom. The lowest BCUT2D eigenvalue weighted by molar-refractivity contribution is 0.360. The third kappa shape index (κ3) is 4.42. The Morgan fingerprint density at radius 3 is 2.63 bits per heavy atom. The smallest absolute Gasteiger partial charge is 0.208 e. The molecule has 0 unspecified atom stereocenters. The Hall–Kier alpha value is -2.12. The van der Waals surface area contributed by atoms with E-state index in [1.165, 1.54) is 18.2 Å². The van der Waals surface area contributed by atoms with Crippen molar-refractivity contribution >= 4 is 21.2 Å². The number of halogens is 1. The maximum Gasteiger partial charge on any atom is 0.208 e. The molecule has 0 aliphatic carbocycles. The monoisotopic (exact) mass is 391 g/mol. The standard InChI is InChI=1S/C20H26FN3O2S/c1-3-22-19-15-17(24-11-5-10-23(2)12-13-24)8-9-20(19)27(25,26)18-7-4-6-16(21)14-18/h4,6-9,14-15,22H,3,5,10-13H2,1-2H3. The number of benzene rings is 2. The van der Waals surface area contributed by atoms with Gasteiger partial charge in [0.1, 0.15) is 5.82 Å². The summed E-state index contributed by atoms with van der Waals surface area (Å²) in [6, 6.07) is 10.5. The van der Waals surface area contributed by atoms with Crippen LogP contribution in [0.25, 0.3) is 0 Å². The van der Waals surface area contributed by atoms with Crippen molar-refractivity contribution in [3.63, 3.8) is 0 Å². The molecular weight excluding hydrogens is 365 g/mol. The summed E-state index contributed by atoms with van der Waals surface area (Å²) in [7, 11) is -1.69.